The van der Waals surface area contributed by atoms with E-state index in [1.54, 1.807) is 17.6 Å². The summed E-state index contributed by atoms with van der Waals surface area (Å²) in [6.45, 7) is 5.24. The standard InChI is InChI=1S/C14H17BrClNOS/c1-3-6-17-13(9-5-7-18-11(9)4-2)12-8-10(16)14(15)19-12/h5,7-8,13,17H,3-4,6H2,1-2H3. The van der Waals surface area contributed by atoms with Crippen molar-refractivity contribution in [3.8, 4) is 0 Å². The van der Waals surface area contributed by atoms with Gasteiger partial charge in [0.05, 0.1) is 21.1 Å². The first kappa shape index (κ1) is 15.1. The number of nitrogens with one attached hydrogen (secondary N) is 1. The zero-order valence-electron chi connectivity index (χ0n) is 11.0. The van der Waals surface area contributed by atoms with E-state index in [4.69, 9.17) is 16.0 Å². The normalized spacial score (nSPS) is 12.8. The largest absolute Gasteiger partial charge is 0.469 e. The minimum absolute atomic E-state index is 0.155. The van der Waals surface area contributed by atoms with Crippen LogP contribution in [-0.2, 0) is 6.42 Å². The fourth-order valence-electron chi connectivity index (χ4n) is 2.05. The average molecular weight is 363 g/mol. The molecule has 2 aromatic rings. The Hall–Kier alpha value is -0.290. The molecule has 104 valence electrons. The predicted octanol–water partition coefficient (Wildman–Crippen LogP) is 5.41. The summed E-state index contributed by atoms with van der Waals surface area (Å²) in [5, 5.41) is 4.34. The summed E-state index contributed by atoms with van der Waals surface area (Å²) in [5.41, 5.74) is 1.21. The van der Waals surface area contributed by atoms with Gasteiger partial charge in [0.2, 0.25) is 0 Å². The first-order valence-electron chi connectivity index (χ1n) is 6.41. The summed E-state index contributed by atoms with van der Waals surface area (Å²) in [4.78, 5) is 1.21. The third-order valence-corrected chi connectivity index (χ3v) is 5.50. The molecule has 0 radical (unpaired) electrons. The highest BCUT2D eigenvalue weighted by atomic mass is 79.9. The van der Waals surface area contributed by atoms with Crippen molar-refractivity contribution in [1.29, 1.82) is 0 Å². The van der Waals surface area contributed by atoms with E-state index in [-0.39, 0.29) is 6.04 Å². The minimum Gasteiger partial charge on any atom is -0.469 e. The fourth-order valence-corrected chi connectivity index (χ4v) is 3.89. The van der Waals surface area contributed by atoms with E-state index in [2.05, 4.69) is 35.1 Å². The van der Waals surface area contributed by atoms with Crippen molar-refractivity contribution in [3.63, 3.8) is 0 Å². The molecule has 19 heavy (non-hydrogen) atoms. The summed E-state index contributed by atoms with van der Waals surface area (Å²) in [7, 11) is 0. The second-order valence-corrected chi connectivity index (χ2v) is 7.12. The van der Waals surface area contributed by atoms with E-state index in [9.17, 15) is 0 Å². The van der Waals surface area contributed by atoms with Gasteiger partial charge in [0.1, 0.15) is 5.76 Å². The molecule has 1 N–H and O–H groups in total. The molecule has 0 aromatic carbocycles. The van der Waals surface area contributed by atoms with Crippen LogP contribution in [0.1, 0.15) is 42.5 Å². The highest BCUT2D eigenvalue weighted by molar-refractivity contribution is 9.11. The predicted molar refractivity (Wildman–Crippen MR) is 85.3 cm³/mol. The van der Waals surface area contributed by atoms with Gasteiger partial charge in [-0.3, -0.25) is 0 Å². The number of rotatable bonds is 6. The lowest BCUT2D eigenvalue weighted by molar-refractivity contribution is 0.501. The molecule has 2 aromatic heterocycles. The monoisotopic (exact) mass is 361 g/mol. The maximum Gasteiger partial charge on any atom is 0.108 e. The summed E-state index contributed by atoms with van der Waals surface area (Å²) >= 11 is 11.3. The molecule has 0 saturated carbocycles. The van der Waals surface area contributed by atoms with Crippen molar-refractivity contribution >= 4 is 38.9 Å². The van der Waals surface area contributed by atoms with Crippen LogP contribution in [0.5, 0.6) is 0 Å². The summed E-state index contributed by atoms with van der Waals surface area (Å²) in [6, 6.07) is 4.23. The second-order valence-electron chi connectivity index (χ2n) is 4.31. The van der Waals surface area contributed by atoms with Crippen LogP contribution in [-0.4, -0.2) is 6.54 Å². The zero-order chi connectivity index (χ0) is 13.8. The van der Waals surface area contributed by atoms with Crippen LogP contribution in [0, 0.1) is 0 Å². The van der Waals surface area contributed by atoms with Gasteiger partial charge in [-0.25, -0.2) is 0 Å². The quantitative estimate of drug-likeness (QED) is 0.743. The van der Waals surface area contributed by atoms with Gasteiger partial charge in [0.15, 0.2) is 0 Å². The van der Waals surface area contributed by atoms with E-state index < -0.39 is 0 Å². The highest BCUT2D eigenvalue weighted by Crippen LogP contribution is 2.38. The molecular weight excluding hydrogens is 346 g/mol. The molecule has 0 amide bonds. The lowest BCUT2D eigenvalue weighted by Crippen LogP contribution is -2.22. The van der Waals surface area contributed by atoms with E-state index >= 15 is 0 Å². The molecule has 0 spiro atoms. The maximum atomic E-state index is 6.15. The maximum absolute atomic E-state index is 6.15. The molecule has 0 saturated heterocycles. The number of aryl methyl sites for hydroxylation is 1. The van der Waals surface area contributed by atoms with E-state index in [1.807, 2.05) is 12.1 Å². The van der Waals surface area contributed by atoms with Gasteiger partial charge in [0, 0.05) is 16.9 Å². The minimum atomic E-state index is 0.155. The molecule has 1 atom stereocenters. The number of hydrogen-bond donors (Lipinski definition) is 1. The van der Waals surface area contributed by atoms with Crippen molar-refractivity contribution in [2.24, 2.45) is 0 Å². The molecule has 0 aliphatic heterocycles. The Balaban J connectivity index is 2.35. The molecule has 0 aliphatic carbocycles. The smallest absolute Gasteiger partial charge is 0.108 e. The molecule has 2 heterocycles. The number of hydrogen-bond acceptors (Lipinski definition) is 3. The van der Waals surface area contributed by atoms with Crippen LogP contribution in [0.2, 0.25) is 5.02 Å². The Morgan fingerprint density at radius 1 is 1.47 bits per heavy atom. The first-order chi connectivity index (χ1) is 9.17. The van der Waals surface area contributed by atoms with Gasteiger partial charge in [-0.05, 0) is 41.0 Å². The first-order valence-corrected chi connectivity index (χ1v) is 8.40. The van der Waals surface area contributed by atoms with Crippen LogP contribution in [0.4, 0.5) is 0 Å². The molecule has 0 aliphatic rings. The molecular formula is C14H17BrClNOS. The van der Waals surface area contributed by atoms with Crippen LogP contribution in [0.3, 0.4) is 0 Å². The van der Waals surface area contributed by atoms with Gasteiger partial charge in [-0.15, -0.1) is 11.3 Å². The van der Waals surface area contributed by atoms with Crippen molar-refractivity contribution in [1.82, 2.24) is 5.32 Å². The highest BCUT2D eigenvalue weighted by Gasteiger charge is 2.21. The van der Waals surface area contributed by atoms with Crippen LogP contribution in [0.25, 0.3) is 0 Å². The lowest BCUT2D eigenvalue weighted by atomic mass is 10.0. The van der Waals surface area contributed by atoms with Gasteiger partial charge in [0.25, 0.3) is 0 Å². The Kier molecular flexibility index (Phi) is 5.51. The van der Waals surface area contributed by atoms with E-state index in [0.717, 1.165) is 34.0 Å². The van der Waals surface area contributed by atoms with Crippen LogP contribution in [0.15, 0.2) is 26.6 Å². The lowest BCUT2D eigenvalue weighted by Gasteiger charge is -2.17. The van der Waals surface area contributed by atoms with Crippen LogP contribution >= 0.6 is 38.9 Å². The average Bonchev–Trinajstić information content (AvgIpc) is 2.98. The van der Waals surface area contributed by atoms with Gasteiger partial charge < -0.3 is 9.73 Å². The molecule has 2 rings (SSSR count). The summed E-state index contributed by atoms with van der Waals surface area (Å²) in [6.07, 6.45) is 3.75. The molecule has 5 heteroatoms. The Morgan fingerprint density at radius 3 is 2.84 bits per heavy atom. The van der Waals surface area contributed by atoms with Crippen molar-refractivity contribution < 1.29 is 4.42 Å². The molecule has 0 bridgehead atoms. The SMILES string of the molecule is CCCNC(c1cc(Cl)c(Br)s1)c1ccoc1CC. The summed E-state index contributed by atoms with van der Waals surface area (Å²) < 4.78 is 6.53. The number of halogens is 2. The van der Waals surface area contributed by atoms with Gasteiger partial charge in [-0.1, -0.05) is 25.4 Å². The van der Waals surface area contributed by atoms with E-state index in [0.29, 0.717) is 0 Å². The topological polar surface area (TPSA) is 25.2 Å². The molecule has 2 nitrogen and oxygen atoms in total. The number of thiophene rings is 1. The molecule has 1 unspecified atom stereocenters. The fraction of sp³-hybridized carbons (Fsp3) is 0.429. The Labute approximate surface area is 131 Å². The van der Waals surface area contributed by atoms with Gasteiger partial charge >= 0.3 is 0 Å². The zero-order valence-corrected chi connectivity index (χ0v) is 14.2. The van der Waals surface area contributed by atoms with Crippen molar-refractivity contribution in [2.45, 2.75) is 32.7 Å². The van der Waals surface area contributed by atoms with Crippen LogP contribution < -0.4 is 5.32 Å². The Morgan fingerprint density at radius 2 is 2.26 bits per heavy atom. The third kappa shape index (κ3) is 3.43. The van der Waals surface area contributed by atoms with E-state index in [1.165, 1.54) is 10.4 Å². The van der Waals surface area contributed by atoms with Crippen molar-refractivity contribution in [3.05, 3.63) is 43.4 Å². The molecule has 0 fully saturated rings. The summed E-state index contributed by atoms with van der Waals surface area (Å²) in [5.74, 6) is 1.04. The van der Waals surface area contributed by atoms with Crippen molar-refractivity contribution in [2.75, 3.05) is 6.54 Å². The number of furan rings is 1. The third-order valence-electron chi connectivity index (χ3n) is 2.96. The second kappa shape index (κ2) is 6.93. The Bertz CT molecular complexity index is 518. The van der Waals surface area contributed by atoms with Gasteiger partial charge in [-0.2, -0.15) is 0 Å².